The average Bonchev–Trinajstić information content (AvgIpc) is 2.37. The van der Waals surface area contributed by atoms with E-state index in [1.54, 1.807) is 0 Å². The molecule has 1 aromatic heterocycles. The van der Waals surface area contributed by atoms with Crippen molar-refractivity contribution in [2.75, 3.05) is 18.5 Å². The molecule has 0 aliphatic heterocycles. The van der Waals surface area contributed by atoms with E-state index in [-0.39, 0.29) is 5.41 Å². The van der Waals surface area contributed by atoms with Crippen molar-refractivity contribution in [2.45, 2.75) is 66.2 Å². The van der Waals surface area contributed by atoms with Gasteiger partial charge in [0.2, 0.25) is 5.88 Å². The first kappa shape index (κ1) is 16.7. The van der Waals surface area contributed by atoms with Crippen LogP contribution in [0.3, 0.4) is 0 Å². The molecule has 1 rings (SSSR count). The highest BCUT2D eigenvalue weighted by Crippen LogP contribution is 2.27. The van der Waals surface area contributed by atoms with E-state index in [1.165, 1.54) is 12.8 Å². The van der Waals surface area contributed by atoms with Gasteiger partial charge in [-0.1, -0.05) is 40.5 Å². The number of hydrogen-bond donors (Lipinski definition) is 1. The third-order valence-corrected chi connectivity index (χ3v) is 3.10. The molecule has 4 nitrogen and oxygen atoms in total. The van der Waals surface area contributed by atoms with Gasteiger partial charge in [-0.25, -0.2) is 4.98 Å². The summed E-state index contributed by atoms with van der Waals surface area (Å²) in [5.74, 6) is 2.43. The van der Waals surface area contributed by atoms with Gasteiger partial charge in [-0.2, -0.15) is 4.98 Å². The predicted molar refractivity (Wildman–Crippen MR) is 84.7 cm³/mol. The Bertz CT molecular complexity index is 424. The second-order valence-corrected chi connectivity index (χ2v) is 6.16. The molecule has 0 saturated heterocycles. The topological polar surface area (TPSA) is 47.0 Å². The molecule has 0 bridgehead atoms. The summed E-state index contributed by atoms with van der Waals surface area (Å²) in [5.41, 5.74) is 0.913. The molecule has 0 aliphatic rings. The summed E-state index contributed by atoms with van der Waals surface area (Å²) in [6.45, 7) is 14.2. The van der Waals surface area contributed by atoms with Gasteiger partial charge in [-0.3, -0.25) is 0 Å². The minimum absolute atomic E-state index is 0.0839. The Morgan fingerprint density at radius 3 is 2.35 bits per heavy atom. The van der Waals surface area contributed by atoms with Crippen LogP contribution in [0.4, 0.5) is 5.82 Å². The zero-order chi connectivity index (χ0) is 15.2. The maximum atomic E-state index is 5.87. The number of hydrogen-bond acceptors (Lipinski definition) is 4. The molecule has 0 atom stereocenters. The van der Waals surface area contributed by atoms with Crippen molar-refractivity contribution in [1.82, 2.24) is 9.97 Å². The summed E-state index contributed by atoms with van der Waals surface area (Å²) >= 11 is 0. The van der Waals surface area contributed by atoms with E-state index in [0.717, 1.165) is 42.7 Å². The number of nitrogens with zero attached hydrogens (tertiary/aromatic N) is 2. The van der Waals surface area contributed by atoms with Gasteiger partial charge in [0.1, 0.15) is 11.6 Å². The summed E-state index contributed by atoms with van der Waals surface area (Å²) in [5, 5.41) is 3.30. The van der Waals surface area contributed by atoms with Crippen molar-refractivity contribution in [2.24, 2.45) is 0 Å². The lowest BCUT2D eigenvalue weighted by Crippen LogP contribution is -2.19. The zero-order valence-electron chi connectivity index (χ0n) is 13.8. The molecule has 1 N–H and O–H groups in total. The highest BCUT2D eigenvalue weighted by Gasteiger charge is 2.21. The molecule has 0 amide bonds. The number of ether oxygens (including phenoxy) is 1. The van der Waals surface area contributed by atoms with E-state index in [1.807, 2.05) is 6.92 Å². The van der Waals surface area contributed by atoms with Crippen LogP contribution in [0.1, 0.15) is 65.3 Å². The second-order valence-electron chi connectivity index (χ2n) is 6.16. The van der Waals surface area contributed by atoms with Crippen LogP contribution in [-0.2, 0) is 5.41 Å². The quantitative estimate of drug-likeness (QED) is 0.764. The highest BCUT2D eigenvalue weighted by atomic mass is 16.5. The Hall–Kier alpha value is -1.32. The molecule has 1 heterocycles. The monoisotopic (exact) mass is 279 g/mol. The van der Waals surface area contributed by atoms with Gasteiger partial charge in [-0.05, 0) is 20.3 Å². The third-order valence-electron chi connectivity index (χ3n) is 3.10. The van der Waals surface area contributed by atoms with Crippen LogP contribution in [0.25, 0.3) is 0 Å². The van der Waals surface area contributed by atoms with E-state index in [9.17, 15) is 0 Å². The van der Waals surface area contributed by atoms with Gasteiger partial charge in [0, 0.05) is 12.0 Å². The lowest BCUT2D eigenvalue weighted by Gasteiger charge is -2.20. The maximum absolute atomic E-state index is 5.87. The van der Waals surface area contributed by atoms with Crippen LogP contribution in [-0.4, -0.2) is 23.1 Å². The molecule has 0 fully saturated rings. The maximum Gasteiger partial charge on any atom is 0.221 e. The lowest BCUT2D eigenvalue weighted by atomic mass is 9.95. The van der Waals surface area contributed by atoms with Gasteiger partial charge < -0.3 is 10.1 Å². The van der Waals surface area contributed by atoms with E-state index < -0.39 is 0 Å². The fraction of sp³-hybridized carbons (Fsp3) is 0.750. The number of unbranched alkanes of at least 4 members (excludes halogenated alkanes) is 2. The van der Waals surface area contributed by atoms with Gasteiger partial charge in [0.05, 0.1) is 12.2 Å². The Kier molecular flexibility index (Phi) is 6.24. The summed E-state index contributed by atoms with van der Waals surface area (Å²) < 4.78 is 5.87. The predicted octanol–water partition coefficient (Wildman–Crippen LogP) is 4.08. The van der Waals surface area contributed by atoms with Crippen LogP contribution in [0.15, 0.2) is 0 Å². The Labute approximate surface area is 123 Å². The number of anilines is 1. The van der Waals surface area contributed by atoms with Gasteiger partial charge in [0.25, 0.3) is 0 Å². The minimum Gasteiger partial charge on any atom is -0.477 e. The van der Waals surface area contributed by atoms with E-state index in [0.29, 0.717) is 0 Å². The van der Waals surface area contributed by atoms with Crippen LogP contribution < -0.4 is 10.1 Å². The van der Waals surface area contributed by atoms with E-state index >= 15 is 0 Å². The van der Waals surface area contributed by atoms with Crippen molar-refractivity contribution in [1.29, 1.82) is 0 Å². The number of nitrogens with one attached hydrogen (secondary N) is 1. The van der Waals surface area contributed by atoms with Crippen LogP contribution in [0.5, 0.6) is 5.88 Å². The summed E-state index contributed by atoms with van der Waals surface area (Å²) in [6.07, 6.45) is 3.46. The first-order valence-electron chi connectivity index (χ1n) is 7.65. The normalized spacial score (nSPS) is 11.5. The molecule has 0 saturated carbocycles. The van der Waals surface area contributed by atoms with Crippen molar-refractivity contribution in [3.05, 3.63) is 11.4 Å². The first-order valence-corrected chi connectivity index (χ1v) is 7.65. The molecule has 0 unspecified atom stereocenters. The van der Waals surface area contributed by atoms with Gasteiger partial charge >= 0.3 is 0 Å². The molecule has 0 radical (unpaired) electrons. The van der Waals surface area contributed by atoms with Crippen molar-refractivity contribution >= 4 is 5.82 Å². The molecular weight excluding hydrogens is 250 g/mol. The SMILES string of the molecule is CCCCCOc1nc(C(C)(C)C)nc(NCC)c1C. The van der Waals surface area contributed by atoms with Crippen molar-refractivity contribution in [3.8, 4) is 5.88 Å². The smallest absolute Gasteiger partial charge is 0.221 e. The molecule has 20 heavy (non-hydrogen) atoms. The van der Waals surface area contributed by atoms with Crippen LogP contribution >= 0.6 is 0 Å². The Morgan fingerprint density at radius 1 is 1.10 bits per heavy atom. The average molecular weight is 279 g/mol. The minimum atomic E-state index is -0.0839. The standard InChI is InChI=1S/C16H29N3O/c1-7-9-10-11-20-14-12(3)13(17-8-2)18-15(19-14)16(4,5)6/h7-11H2,1-6H3,(H,17,18,19). The molecule has 0 aliphatic carbocycles. The first-order chi connectivity index (χ1) is 9.40. The number of rotatable bonds is 7. The van der Waals surface area contributed by atoms with Crippen LogP contribution in [0, 0.1) is 6.92 Å². The van der Waals surface area contributed by atoms with Gasteiger partial charge in [-0.15, -0.1) is 0 Å². The molecule has 0 spiro atoms. The molecule has 0 aromatic carbocycles. The second kappa shape index (κ2) is 7.46. The zero-order valence-corrected chi connectivity index (χ0v) is 13.8. The fourth-order valence-electron chi connectivity index (χ4n) is 1.83. The van der Waals surface area contributed by atoms with Crippen LogP contribution in [0.2, 0.25) is 0 Å². The molecule has 114 valence electrons. The van der Waals surface area contributed by atoms with Crippen molar-refractivity contribution in [3.63, 3.8) is 0 Å². The largest absolute Gasteiger partial charge is 0.477 e. The summed E-state index contributed by atoms with van der Waals surface area (Å²) in [7, 11) is 0. The summed E-state index contributed by atoms with van der Waals surface area (Å²) in [4.78, 5) is 9.25. The Morgan fingerprint density at radius 2 is 1.80 bits per heavy atom. The third kappa shape index (κ3) is 4.66. The Balaban J connectivity index is 2.98. The summed E-state index contributed by atoms with van der Waals surface area (Å²) in [6, 6.07) is 0. The lowest BCUT2D eigenvalue weighted by molar-refractivity contribution is 0.289. The highest BCUT2D eigenvalue weighted by molar-refractivity contribution is 5.49. The molecular formula is C16H29N3O. The van der Waals surface area contributed by atoms with Crippen molar-refractivity contribution < 1.29 is 4.74 Å². The number of aromatic nitrogens is 2. The van der Waals surface area contributed by atoms with Gasteiger partial charge in [0.15, 0.2) is 0 Å². The van der Waals surface area contributed by atoms with E-state index in [2.05, 4.69) is 49.9 Å². The van der Waals surface area contributed by atoms with E-state index in [4.69, 9.17) is 4.74 Å². The fourth-order valence-corrected chi connectivity index (χ4v) is 1.83. The molecule has 4 heteroatoms. The molecule has 1 aromatic rings.